The van der Waals surface area contributed by atoms with Gasteiger partial charge in [-0.25, -0.2) is 0 Å². The van der Waals surface area contributed by atoms with Crippen molar-refractivity contribution < 1.29 is 9.53 Å². The fourth-order valence-corrected chi connectivity index (χ4v) is 3.11. The van der Waals surface area contributed by atoms with Crippen LogP contribution in [0.4, 0.5) is 0 Å². The summed E-state index contributed by atoms with van der Waals surface area (Å²) in [5, 5.41) is 1.00. The van der Waals surface area contributed by atoms with E-state index in [4.69, 9.17) is 27.9 Å². The SMILES string of the molecule is CC1OC(C)C(C(=O)Cc2ccc(Cl)c(Cl)c2)C1C. The van der Waals surface area contributed by atoms with E-state index in [1.165, 1.54) is 0 Å². The van der Waals surface area contributed by atoms with Gasteiger partial charge >= 0.3 is 0 Å². The second-order valence-corrected chi connectivity index (χ2v) is 6.14. The number of carbonyl (C=O) groups is 1. The number of carbonyl (C=O) groups excluding carboxylic acids is 1. The normalized spacial score (nSPS) is 30.6. The number of halogens is 2. The van der Waals surface area contributed by atoms with E-state index >= 15 is 0 Å². The Kier molecular flexibility index (Phi) is 4.54. The Morgan fingerprint density at radius 1 is 1.16 bits per heavy atom. The lowest BCUT2D eigenvalue weighted by molar-refractivity contribution is -0.124. The Morgan fingerprint density at radius 3 is 2.37 bits per heavy atom. The van der Waals surface area contributed by atoms with Crippen molar-refractivity contribution in [3.05, 3.63) is 33.8 Å². The number of ether oxygens (including phenoxy) is 1. The van der Waals surface area contributed by atoms with E-state index < -0.39 is 0 Å². The summed E-state index contributed by atoms with van der Waals surface area (Å²) < 4.78 is 5.72. The number of hydrogen-bond donors (Lipinski definition) is 0. The average molecular weight is 301 g/mol. The van der Waals surface area contributed by atoms with Crippen LogP contribution in [0.3, 0.4) is 0 Å². The van der Waals surface area contributed by atoms with E-state index in [1.807, 2.05) is 19.9 Å². The molecule has 1 fully saturated rings. The standard InChI is InChI=1S/C15H18Cl2O2/c1-8-9(2)19-10(3)15(8)14(18)7-11-4-5-12(16)13(17)6-11/h4-6,8-10,15H,7H2,1-3H3. The van der Waals surface area contributed by atoms with E-state index in [1.54, 1.807) is 12.1 Å². The van der Waals surface area contributed by atoms with Gasteiger partial charge in [0.1, 0.15) is 5.78 Å². The molecule has 0 aliphatic carbocycles. The third-order valence-electron chi connectivity index (χ3n) is 3.98. The highest BCUT2D eigenvalue weighted by atomic mass is 35.5. The lowest BCUT2D eigenvalue weighted by Gasteiger charge is -2.17. The van der Waals surface area contributed by atoms with Crippen molar-refractivity contribution in [1.82, 2.24) is 0 Å². The van der Waals surface area contributed by atoms with E-state index in [2.05, 4.69) is 6.92 Å². The van der Waals surface area contributed by atoms with Crippen LogP contribution in [0.5, 0.6) is 0 Å². The molecule has 0 spiro atoms. The molecular weight excluding hydrogens is 283 g/mol. The number of hydrogen-bond acceptors (Lipinski definition) is 2. The maximum absolute atomic E-state index is 12.4. The molecule has 0 saturated carbocycles. The molecule has 0 amide bonds. The zero-order chi connectivity index (χ0) is 14.2. The highest BCUT2D eigenvalue weighted by Gasteiger charge is 2.40. The fraction of sp³-hybridized carbons (Fsp3) is 0.533. The van der Waals surface area contributed by atoms with Crippen molar-refractivity contribution in [1.29, 1.82) is 0 Å². The third kappa shape index (κ3) is 3.13. The Bertz CT molecular complexity index is 487. The van der Waals surface area contributed by atoms with Crippen LogP contribution >= 0.6 is 23.2 Å². The van der Waals surface area contributed by atoms with Gasteiger partial charge in [-0.15, -0.1) is 0 Å². The van der Waals surface area contributed by atoms with Crippen molar-refractivity contribution in [3.63, 3.8) is 0 Å². The molecule has 2 nitrogen and oxygen atoms in total. The zero-order valence-electron chi connectivity index (χ0n) is 11.3. The summed E-state index contributed by atoms with van der Waals surface area (Å²) in [6, 6.07) is 5.34. The minimum absolute atomic E-state index is 0.0136. The van der Waals surface area contributed by atoms with Gasteiger partial charge in [0.25, 0.3) is 0 Å². The van der Waals surface area contributed by atoms with Crippen molar-refractivity contribution in [3.8, 4) is 0 Å². The summed E-state index contributed by atoms with van der Waals surface area (Å²) in [4.78, 5) is 12.4. The summed E-state index contributed by atoms with van der Waals surface area (Å²) >= 11 is 11.8. The van der Waals surface area contributed by atoms with Gasteiger partial charge in [0.05, 0.1) is 22.3 Å². The zero-order valence-corrected chi connectivity index (χ0v) is 12.8. The molecule has 1 aliphatic heterocycles. The summed E-state index contributed by atoms with van der Waals surface area (Å²) in [5.74, 6) is 0.428. The molecule has 0 aromatic heterocycles. The Labute approximate surface area is 124 Å². The van der Waals surface area contributed by atoms with E-state index in [0.717, 1.165) is 5.56 Å². The molecule has 4 unspecified atom stereocenters. The van der Waals surface area contributed by atoms with Crippen molar-refractivity contribution in [2.45, 2.75) is 39.4 Å². The molecule has 104 valence electrons. The molecule has 0 N–H and O–H groups in total. The number of benzene rings is 1. The first-order chi connectivity index (χ1) is 8.90. The van der Waals surface area contributed by atoms with Gasteiger partial charge in [0.2, 0.25) is 0 Å². The van der Waals surface area contributed by atoms with Gasteiger partial charge in [0.15, 0.2) is 0 Å². The van der Waals surface area contributed by atoms with E-state index in [-0.39, 0.29) is 29.8 Å². The topological polar surface area (TPSA) is 26.3 Å². The molecule has 2 rings (SSSR count). The lowest BCUT2D eigenvalue weighted by Crippen LogP contribution is -2.28. The monoisotopic (exact) mass is 300 g/mol. The second kappa shape index (κ2) is 5.82. The van der Waals surface area contributed by atoms with Crippen LogP contribution in [0.15, 0.2) is 18.2 Å². The summed E-state index contributed by atoms with van der Waals surface area (Å²) in [6.45, 7) is 6.07. The quantitative estimate of drug-likeness (QED) is 0.837. The second-order valence-electron chi connectivity index (χ2n) is 5.32. The number of Topliss-reactive ketones (excluding diaryl/α,β-unsaturated/α-hetero) is 1. The first kappa shape index (κ1) is 14.8. The predicted molar refractivity (Wildman–Crippen MR) is 77.8 cm³/mol. The Hall–Kier alpha value is -0.570. The first-order valence-corrected chi connectivity index (χ1v) is 7.28. The molecule has 1 heterocycles. The van der Waals surface area contributed by atoms with Crippen LogP contribution in [-0.2, 0) is 16.0 Å². The van der Waals surface area contributed by atoms with Gasteiger partial charge in [-0.3, -0.25) is 4.79 Å². The van der Waals surface area contributed by atoms with Crippen molar-refractivity contribution in [2.75, 3.05) is 0 Å². The average Bonchev–Trinajstić information content (AvgIpc) is 2.58. The molecule has 1 aromatic carbocycles. The predicted octanol–water partition coefficient (Wildman–Crippen LogP) is 4.16. The van der Waals surface area contributed by atoms with E-state index in [0.29, 0.717) is 16.5 Å². The van der Waals surface area contributed by atoms with Crippen LogP contribution in [-0.4, -0.2) is 18.0 Å². The molecule has 1 aromatic rings. The van der Waals surface area contributed by atoms with E-state index in [9.17, 15) is 4.79 Å². The van der Waals surface area contributed by atoms with Gasteiger partial charge in [0, 0.05) is 12.3 Å². The van der Waals surface area contributed by atoms with Crippen LogP contribution in [0.2, 0.25) is 10.0 Å². The van der Waals surface area contributed by atoms with Gasteiger partial charge < -0.3 is 4.74 Å². The van der Waals surface area contributed by atoms with Crippen molar-refractivity contribution in [2.24, 2.45) is 11.8 Å². The molecule has 19 heavy (non-hydrogen) atoms. The maximum atomic E-state index is 12.4. The minimum Gasteiger partial charge on any atom is -0.375 e. The smallest absolute Gasteiger partial charge is 0.143 e. The molecule has 4 heteroatoms. The first-order valence-electron chi connectivity index (χ1n) is 6.52. The lowest BCUT2D eigenvalue weighted by atomic mass is 9.84. The molecule has 0 bridgehead atoms. The summed E-state index contributed by atoms with van der Waals surface area (Å²) in [5.41, 5.74) is 0.901. The molecule has 1 saturated heterocycles. The van der Waals surface area contributed by atoms with Gasteiger partial charge in [-0.05, 0) is 37.5 Å². The maximum Gasteiger partial charge on any atom is 0.143 e. The molecular formula is C15H18Cl2O2. The van der Waals surface area contributed by atoms with Gasteiger partial charge in [-0.1, -0.05) is 36.2 Å². The van der Waals surface area contributed by atoms with Gasteiger partial charge in [-0.2, -0.15) is 0 Å². The van der Waals surface area contributed by atoms with Crippen LogP contribution in [0.1, 0.15) is 26.3 Å². The van der Waals surface area contributed by atoms with Crippen LogP contribution in [0.25, 0.3) is 0 Å². The molecule has 4 atom stereocenters. The van der Waals surface area contributed by atoms with Crippen molar-refractivity contribution >= 4 is 29.0 Å². The Morgan fingerprint density at radius 2 is 1.84 bits per heavy atom. The van der Waals surface area contributed by atoms with Crippen LogP contribution in [0, 0.1) is 11.8 Å². The largest absolute Gasteiger partial charge is 0.375 e. The molecule has 0 radical (unpaired) electrons. The third-order valence-corrected chi connectivity index (χ3v) is 4.72. The Balaban J connectivity index is 2.10. The highest BCUT2D eigenvalue weighted by Crippen LogP contribution is 2.33. The molecule has 1 aliphatic rings. The minimum atomic E-state index is -0.0375. The van der Waals surface area contributed by atoms with Crippen LogP contribution < -0.4 is 0 Å². The number of ketones is 1. The fourth-order valence-electron chi connectivity index (χ4n) is 2.79. The summed E-state index contributed by atoms with van der Waals surface area (Å²) in [6.07, 6.45) is 0.504. The summed E-state index contributed by atoms with van der Waals surface area (Å²) in [7, 11) is 0. The number of rotatable bonds is 3. The highest BCUT2D eigenvalue weighted by molar-refractivity contribution is 6.42.